The molecule has 1 rings (SSSR count). The number of hydrogen-bond acceptors (Lipinski definition) is 2. The second kappa shape index (κ2) is 6.25. The number of benzene rings is 1. The van der Waals surface area contributed by atoms with Crippen molar-refractivity contribution in [1.82, 2.24) is 10.6 Å². The summed E-state index contributed by atoms with van der Waals surface area (Å²) in [4.78, 5) is 23.0. The van der Waals surface area contributed by atoms with Crippen LogP contribution < -0.4 is 10.6 Å². The summed E-state index contributed by atoms with van der Waals surface area (Å²) in [6.45, 7) is 1.60. The summed E-state index contributed by atoms with van der Waals surface area (Å²) in [5.41, 5.74) is 0.704. The maximum absolute atomic E-state index is 11.8. The molecule has 4 nitrogen and oxygen atoms in total. The number of alkyl halides is 1. The fourth-order valence-electron chi connectivity index (χ4n) is 1.34. The van der Waals surface area contributed by atoms with Crippen molar-refractivity contribution in [3.05, 3.63) is 35.9 Å². The Hall–Kier alpha value is -1.55. The minimum atomic E-state index is -0.789. The molecule has 2 atom stereocenters. The molecule has 5 heteroatoms. The van der Waals surface area contributed by atoms with Crippen LogP contribution in [0.4, 0.5) is 0 Å². The number of likely N-dealkylation sites (N-methyl/N-ethyl adjacent to an activating group) is 1. The molecule has 0 aliphatic carbocycles. The van der Waals surface area contributed by atoms with Crippen molar-refractivity contribution in [3.63, 3.8) is 0 Å². The Morgan fingerprint density at radius 1 is 1.18 bits per heavy atom. The van der Waals surface area contributed by atoms with E-state index < -0.39 is 11.4 Å². The Morgan fingerprint density at radius 3 is 2.29 bits per heavy atom. The number of carbonyl (C=O) groups is 2. The summed E-state index contributed by atoms with van der Waals surface area (Å²) in [5, 5.41) is 4.21. The molecule has 17 heavy (non-hydrogen) atoms. The first kappa shape index (κ1) is 13.5. The van der Waals surface area contributed by atoms with Crippen molar-refractivity contribution in [2.75, 3.05) is 7.05 Å². The van der Waals surface area contributed by atoms with Crippen LogP contribution in [0.3, 0.4) is 0 Å². The zero-order valence-corrected chi connectivity index (χ0v) is 10.5. The predicted octanol–water partition coefficient (Wildman–Crippen LogP) is 1.22. The molecular formula is C12H15ClN2O2. The quantitative estimate of drug-likeness (QED) is 0.794. The van der Waals surface area contributed by atoms with Gasteiger partial charge in [0.1, 0.15) is 11.4 Å². The van der Waals surface area contributed by atoms with Gasteiger partial charge in [-0.15, -0.1) is 11.6 Å². The highest BCUT2D eigenvalue weighted by atomic mass is 35.5. The number of amides is 2. The lowest BCUT2D eigenvalue weighted by molar-refractivity contribution is -0.128. The Balaban J connectivity index is 2.62. The van der Waals surface area contributed by atoms with E-state index in [9.17, 15) is 9.59 Å². The largest absolute Gasteiger partial charge is 0.357 e. The van der Waals surface area contributed by atoms with E-state index in [0.717, 1.165) is 0 Å². The average Bonchev–Trinajstić information content (AvgIpc) is 2.37. The van der Waals surface area contributed by atoms with Crippen LogP contribution >= 0.6 is 11.6 Å². The van der Waals surface area contributed by atoms with Gasteiger partial charge in [0.15, 0.2) is 0 Å². The molecule has 2 unspecified atom stereocenters. The smallest absolute Gasteiger partial charge is 0.243 e. The zero-order valence-electron chi connectivity index (χ0n) is 9.74. The van der Waals surface area contributed by atoms with Crippen molar-refractivity contribution in [3.8, 4) is 0 Å². The van der Waals surface area contributed by atoms with Gasteiger partial charge in [0.25, 0.3) is 0 Å². The lowest BCUT2D eigenvalue weighted by atomic mass is 10.1. The summed E-state index contributed by atoms with van der Waals surface area (Å²) in [6.07, 6.45) is 0. The summed E-state index contributed by atoms with van der Waals surface area (Å²) in [5.74, 6) is -0.635. The maximum atomic E-state index is 11.8. The number of halogens is 1. The molecule has 0 aromatic heterocycles. The van der Waals surface area contributed by atoms with Crippen molar-refractivity contribution >= 4 is 23.4 Å². The van der Waals surface area contributed by atoms with Crippen LogP contribution in [-0.4, -0.2) is 24.9 Å². The molecular weight excluding hydrogens is 240 g/mol. The van der Waals surface area contributed by atoms with E-state index in [4.69, 9.17) is 11.6 Å². The highest BCUT2D eigenvalue weighted by molar-refractivity contribution is 6.30. The normalized spacial score (nSPS) is 13.6. The van der Waals surface area contributed by atoms with E-state index in [1.165, 1.54) is 7.05 Å². The zero-order chi connectivity index (χ0) is 12.8. The Kier molecular flexibility index (Phi) is 4.97. The lowest BCUT2D eigenvalue weighted by Crippen LogP contribution is -2.44. The summed E-state index contributed by atoms with van der Waals surface area (Å²) < 4.78 is 0. The standard InChI is InChI=1S/C12H15ClN2O2/c1-8(11(16)14-2)15-12(17)10(13)9-6-4-3-5-7-9/h3-8,10H,1-2H3,(H,14,16)(H,15,17). The summed E-state index contributed by atoms with van der Waals surface area (Å²) >= 11 is 6.00. The molecule has 92 valence electrons. The third-order valence-electron chi connectivity index (χ3n) is 2.32. The minimum absolute atomic E-state index is 0.254. The number of hydrogen-bond donors (Lipinski definition) is 2. The van der Waals surface area contributed by atoms with Gasteiger partial charge in [0, 0.05) is 7.05 Å². The molecule has 1 aromatic rings. The predicted molar refractivity (Wildman–Crippen MR) is 66.7 cm³/mol. The topological polar surface area (TPSA) is 58.2 Å². The van der Waals surface area contributed by atoms with Gasteiger partial charge in [0.05, 0.1) is 0 Å². The van der Waals surface area contributed by atoms with Crippen LogP contribution in [0.5, 0.6) is 0 Å². The Bertz CT molecular complexity index is 395. The summed E-state index contributed by atoms with van der Waals surface area (Å²) in [7, 11) is 1.51. The highest BCUT2D eigenvalue weighted by Crippen LogP contribution is 2.19. The molecule has 2 amide bonds. The third kappa shape index (κ3) is 3.75. The molecule has 0 saturated carbocycles. The number of carbonyl (C=O) groups excluding carboxylic acids is 2. The molecule has 0 spiro atoms. The van der Waals surface area contributed by atoms with Crippen LogP contribution in [-0.2, 0) is 9.59 Å². The van der Waals surface area contributed by atoms with E-state index in [-0.39, 0.29) is 11.8 Å². The van der Waals surface area contributed by atoms with E-state index in [1.807, 2.05) is 6.07 Å². The van der Waals surface area contributed by atoms with Crippen LogP contribution in [0.2, 0.25) is 0 Å². The van der Waals surface area contributed by atoms with Crippen LogP contribution in [0.25, 0.3) is 0 Å². The second-order valence-electron chi connectivity index (χ2n) is 3.62. The lowest BCUT2D eigenvalue weighted by Gasteiger charge is -2.15. The van der Waals surface area contributed by atoms with Gasteiger partial charge in [-0.3, -0.25) is 9.59 Å². The van der Waals surface area contributed by atoms with Gasteiger partial charge in [-0.2, -0.15) is 0 Å². The van der Waals surface area contributed by atoms with E-state index >= 15 is 0 Å². The first-order valence-electron chi connectivity index (χ1n) is 5.27. The summed E-state index contributed by atoms with van der Waals surface area (Å²) in [6, 6.07) is 8.39. The molecule has 0 fully saturated rings. The van der Waals surface area contributed by atoms with Crippen molar-refractivity contribution in [2.45, 2.75) is 18.3 Å². The highest BCUT2D eigenvalue weighted by Gasteiger charge is 2.21. The van der Waals surface area contributed by atoms with Crippen LogP contribution in [0.1, 0.15) is 17.9 Å². The third-order valence-corrected chi connectivity index (χ3v) is 2.77. The maximum Gasteiger partial charge on any atom is 0.243 e. The Morgan fingerprint density at radius 2 is 1.76 bits per heavy atom. The van der Waals surface area contributed by atoms with Crippen LogP contribution in [0, 0.1) is 0 Å². The number of nitrogens with one attached hydrogen (secondary N) is 2. The fraction of sp³-hybridized carbons (Fsp3) is 0.333. The molecule has 0 aliphatic rings. The van der Waals surface area contributed by atoms with Crippen molar-refractivity contribution < 1.29 is 9.59 Å². The van der Waals surface area contributed by atoms with Crippen molar-refractivity contribution in [2.24, 2.45) is 0 Å². The van der Waals surface area contributed by atoms with Crippen LogP contribution in [0.15, 0.2) is 30.3 Å². The van der Waals surface area contributed by atoms with Crippen molar-refractivity contribution in [1.29, 1.82) is 0 Å². The van der Waals surface area contributed by atoms with Gasteiger partial charge in [-0.05, 0) is 12.5 Å². The minimum Gasteiger partial charge on any atom is -0.357 e. The monoisotopic (exact) mass is 254 g/mol. The fourth-order valence-corrected chi connectivity index (χ4v) is 1.55. The molecule has 2 N–H and O–H groups in total. The first-order chi connectivity index (χ1) is 8.06. The molecule has 0 aliphatic heterocycles. The van der Waals surface area contributed by atoms with Gasteiger partial charge in [-0.1, -0.05) is 30.3 Å². The van der Waals surface area contributed by atoms with Gasteiger partial charge >= 0.3 is 0 Å². The number of rotatable bonds is 4. The van der Waals surface area contributed by atoms with Gasteiger partial charge in [0.2, 0.25) is 11.8 Å². The average molecular weight is 255 g/mol. The molecule has 0 saturated heterocycles. The molecule has 0 heterocycles. The molecule has 0 bridgehead atoms. The van der Waals surface area contributed by atoms with Gasteiger partial charge < -0.3 is 10.6 Å². The van der Waals surface area contributed by atoms with Gasteiger partial charge in [-0.25, -0.2) is 0 Å². The van der Waals surface area contributed by atoms with E-state index in [0.29, 0.717) is 5.56 Å². The molecule has 1 aromatic carbocycles. The Labute approximate surface area is 105 Å². The van der Waals surface area contributed by atoms with E-state index in [1.54, 1.807) is 31.2 Å². The SMILES string of the molecule is CNC(=O)C(C)NC(=O)C(Cl)c1ccccc1. The first-order valence-corrected chi connectivity index (χ1v) is 5.71. The second-order valence-corrected chi connectivity index (χ2v) is 4.05. The van der Waals surface area contributed by atoms with E-state index in [2.05, 4.69) is 10.6 Å². The molecule has 0 radical (unpaired) electrons.